The van der Waals surface area contributed by atoms with Crippen LogP contribution in [0.1, 0.15) is 21.5 Å². The second kappa shape index (κ2) is 7.85. The summed E-state index contributed by atoms with van der Waals surface area (Å²) in [5, 5.41) is 10.9. The number of halogens is 1. The van der Waals surface area contributed by atoms with E-state index in [0.29, 0.717) is 17.1 Å². The van der Waals surface area contributed by atoms with Crippen molar-refractivity contribution in [3.05, 3.63) is 62.2 Å². The highest BCUT2D eigenvalue weighted by Gasteiger charge is 2.18. The van der Waals surface area contributed by atoms with E-state index in [1.54, 1.807) is 12.1 Å². The van der Waals surface area contributed by atoms with Gasteiger partial charge in [0.25, 0.3) is 5.69 Å². The molecule has 0 saturated heterocycles. The summed E-state index contributed by atoms with van der Waals surface area (Å²) in [4.78, 5) is 22.4. The number of hydrogen-bond acceptors (Lipinski definition) is 6. The van der Waals surface area contributed by atoms with Gasteiger partial charge in [0, 0.05) is 12.1 Å². The minimum absolute atomic E-state index is 0.0377. The van der Waals surface area contributed by atoms with Crippen molar-refractivity contribution < 1.29 is 23.9 Å². The summed E-state index contributed by atoms with van der Waals surface area (Å²) in [6.45, 7) is 1.80. The van der Waals surface area contributed by atoms with E-state index in [4.69, 9.17) is 25.8 Å². The molecule has 2 aromatic rings. The lowest BCUT2D eigenvalue weighted by Crippen LogP contribution is -2.08. The summed E-state index contributed by atoms with van der Waals surface area (Å²) >= 11 is 5.94. The quantitative estimate of drug-likeness (QED) is 0.438. The van der Waals surface area contributed by atoms with Crippen LogP contribution in [0.3, 0.4) is 0 Å². The Morgan fingerprint density at radius 1 is 1.16 bits per heavy atom. The number of ether oxygens (including phenoxy) is 3. The molecule has 132 valence electrons. The zero-order valence-electron chi connectivity index (χ0n) is 13.9. The largest absolute Gasteiger partial charge is 0.493 e. The van der Waals surface area contributed by atoms with Crippen molar-refractivity contribution in [2.24, 2.45) is 0 Å². The Kier molecular flexibility index (Phi) is 5.82. The molecule has 7 nitrogen and oxygen atoms in total. The number of aryl methyl sites for hydroxylation is 1. The molecule has 0 bridgehead atoms. The van der Waals surface area contributed by atoms with Crippen molar-refractivity contribution in [2.45, 2.75) is 13.5 Å². The van der Waals surface area contributed by atoms with E-state index in [1.807, 2.05) is 6.92 Å². The average molecular weight is 366 g/mol. The van der Waals surface area contributed by atoms with E-state index >= 15 is 0 Å². The van der Waals surface area contributed by atoms with Crippen LogP contribution < -0.4 is 9.47 Å². The van der Waals surface area contributed by atoms with Crippen LogP contribution in [0.2, 0.25) is 5.02 Å². The van der Waals surface area contributed by atoms with Crippen LogP contribution in [0.25, 0.3) is 0 Å². The Hall–Kier alpha value is -2.80. The van der Waals surface area contributed by atoms with Crippen molar-refractivity contribution >= 4 is 23.3 Å². The molecular formula is C17H16ClNO6. The SMILES string of the molecule is COc1cc(C)c(COC(=O)c2cc([N+](=O)[O-])ccc2Cl)cc1OC. The molecular weight excluding hydrogens is 350 g/mol. The van der Waals surface area contributed by atoms with Crippen molar-refractivity contribution in [1.82, 2.24) is 0 Å². The van der Waals surface area contributed by atoms with E-state index in [2.05, 4.69) is 0 Å². The van der Waals surface area contributed by atoms with Crippen LogP contribution in [-0.2, 0) is 11.3 Å². The van der Waals surface area contributed by atoms with Gasteiger partial charge in [-0.15, -0.1) is 0 Å². The summed E-state index contributed by atoms with van der Waals surface area (Å²) in [7, 11) is 3.03. The fourth-order valence-electron chi connectivity index (χ4n) is 2.18. The first-order valence-electron chi connectivity index (χ1n) is 7.20. The van der Waals surface area contributed by atoms with Gasteiger partial charge in [0.2, 0.25) is 0 Å². The molecule has 0 spiro atoms. The molecule has 25 heavy (non-hydrogen) atoms. The number of carbonyl (C=O) groups is 1. The lowest BCUT2D eigenvalue weighted by molar-refractivity contribution is -0.384. The van der Waals surface area contributed by atoms with Crippen LogP contribution in [0, 0.1) is 17.0 Å². The normalized spacial score (nSPS) is 10.2. The first kappa shape index (κ1) is 18.5. The molecule has 0 radical (unpaired) electrons. The van der Waals surface area contributed by atoms with E-state index < -0.39 is 10.9 Å². The van der Waals surface area contributed by atoms with Gasteiger partial charge in [0.1, 0.15) is 6.61 Å². The van der Waals surface area contributed by atoms with Gasteiger partial charge in [-0.05, 0) is 36.2 Å². The molecule has 0 aliphatic rings. The second-order valence-electron chi connectivity index (χ2n) is 5.13. The van der Waals surface area contributed by atoms with E-state index in [9.17, 15) is 14.9 Å². The number of carbonyl (C=O) groups excluding carboxylic acids is 1. The summed E-state index contributed by atoms with van der Waals surface area (Å²) in [5.41, 5.74) is 1.26. The Morgan fingerprint density at radius 3 is 2.40 bits per heavy atom. The maximum atomic E-state index is 12.2. The van der Waals surface area contributed by atoms with Crippen LogP contribution in [0.4, 0.5) is 5.69 Å². The number of rotatable bonds is 6. The molecule has 0 N–H and O–H groups in total. The Labute approximate surface area is 149 Å². The molecule has 0 heterocycles. The molecule has 0 unspecified atom stereocenters. The van der Waals surface area contributed by atoms with E-state index in [1.165, 1.54) is 26.4 Å². The highest BCUT2D eigenvalue weighted by atomic mass is 35.5. The minimum atomic E-state index is -0.747. The molecule has 0 saturated carbocycles. The van der Waals surface area contributed by atoms with Crippen LogP contribution >= 0.6 is 11.6 Å². The standard InChI is InChI=1S/C17H16ClNO6/c1-10-6-15(23-2)16(24-3)7-11(10)9-25-17(20)13-8-12(19(21)22)4-5-14(13)18/h4-8H,9H2,1-3H3. The highest BCUT2D eigenvalue weighted by Crippen LogP contribution is 2.31. The number of nitro benzene ring substituents is 1. The molecule has 2 aromatic carbocycles. The van der Waals surface area contributed by atoms with Crippen molar-refractivity contribution in [3.8, 4) is 11.5 Å². The third kappa shape index (κ3) is 4.19. The fourth-order valence-corrected chi connectivity index (χ4v) is 2.38. The summed E-state index contributed by atoms with van der Waals surface area (Å²) in [5.74, 6) is 0.326. The van der Waals surface area contributed by atoms with Crippen molar-refractivity contribution in [3.63, 3.8) is 0 Å². The lowest BCUT2D eigenvalue weighted by Gasteiger charge is -2.13. The van der Waals surface area contributed by atoms with Gasteiger partial charge in [0.05, 0.1) is 29.7 Å². The number of non-ortho nitro benzene ring substituents is 1. The molecule has 2 rings (SSSR count). The van der Waals surface area contributed by atoms with Gasteiger partial charge in [-0.1, -0.05) is 11.6 Å². The van der Waals surface area contributed by atoms with E-state index in [0.717, 1.165) is 11.6 Å². The van der Waals surface area contributed by atoms with Crippen LogP contribution in [0.15, 0.2) is 30.3 Å². The first-order chi connectivity index (χ1) is 11.9. The summed E-state index contributed by atoms with van der Waals surface area (Å²) in [6.07, 6.45) is 0. The molecule has 0 aliphatic heterocycles. The predicted molar refractivity (Wildman–Crippen MR) is 91.5 cm³/mol. The maximum Gasteiger partial charge on any atom is 0.340 e. The van der Waals surface area contributed by atoms with Crippen molar-refractivity contribution in [1.29, 1.82) is 0 Å². The number of hydrogen-bond donors (Lipinski definition) is 0. The molecule has 0 fully saturated rings. The maximum absolute atomic E-state index is 12.2. The van der Waals surface area contributed by atoms with Gasteiger partial charge in [-0.3, -0.25) is 10.1 Å². The Balaban J connectivity index is 2.20. The Morgan fingerprint density at radius 2 is 1.80 bits per heavy atom. The minimum Gasteiger partial charge on any atom is -0.493 e. The third-order valence-corrected chi connectivity index (χ3v) is 3.91. The predicted octanol–water partition coefficient (Wildman–Crippen LogP) is 3.93. The fraction of sp³-hybridized carbons (Fsp3) is 0.235. The smallest absolute Gasteiger partial charge is 0.340 e. The average Bonchev–Trinajstić information content (AvgIpc) is 2.60. The third-order valence-electron chi connectivity index (χ3n) is 3.58. The molecule has 0 amide bonds. The van der Waals surface area contributed by atoms with Crippen molar-refractivity contribution in [2.75, 3.05) is 14.2 Å². The number of nitrogens with zero attached hydrogens (tertiary/aromatic N) is 1. The molecule has 0 aromatic heterocycles. The first-order valence-corrected chi connectivity index (χ1v) is 7.57. The van der Waals surface area contributed by atoms with Gasteiger partial charge in [0.15, 0.2) is 11.5 Å². The molecule has 0 aliphatic carbocycles. The van der Waals surface area contributed by atoms with Crippen LogP contribution in [-0.4, -0.2) is 25.1 Å². The topological polar surface area (TPSA) is 87.9 Å². The summed E-state index contributed by atoms with van der Waals surface area (Å²) in [6, 6.07) is 7.07. The van der Waals surface area contributed by atoms with Gasteiger partial charge in [-0.25, -0.2) is 4.79 Å². The zero-order valence-corrected chi connectivity index (χ0v) is 14.6. The van der Waals surface area contributed by atoms with Gasteiger partial charge >= 0.3 is 5.97 Å². The van der Waals surface area contributed by atoms with Gasteiger partial charge < -0.3 is 14.2 Å². The molecule has 8 heteroatoms. The van der Waals surface area contributed by atoms with E-state index in [-0.39, 0.29) is 22.9 Å². The second-order valence-corrected chi connectivity index (χ2v) is 5.54. The van der Waals surface area contributed by atoms with Gasteiger partial charge in [-0.2, -0.15) is 0 Å². The van der Waals surface area contributed by atoms with Crippen LogP contribution in [0.5, 0.6) is 11.5 Å². The number of benzene rings is 2. The number of esters is 1. The highest BCUT2D eigenvalue weighted by molar-refractivity contribution is 6.33. The summed E-state index contributed by atoms with van der Waals surface area (Å²) < 4.78 is 15.7. The zero-order chi connectivity index (χ0) is 18.6. The number of methoxy groups -OCH3 is 2. The lowest BCUT2D eigenvalue weighted by atomic mass is 10.1. The number of nitro groups is 1. The molecule has 0 atom stereocenters. The Bertz CT molecular complexity index is 821. The monoisotopic (exact) mass is 365 g/mol.